The van der Waals surface area contributed by atoms with Crippen molar-refractivity contribution in [3.63, 3.8) is 0 Å². The molecule has 0 saturated carbocycles. The number of ether oxygens (including phenoxy) is 1. The topological polar surface area (TPSA) is 39.2 Å². The quantitative estimate of drug-likeness (QED) is 0.380. The second kappa shape index (κ2) is 8.24. The van der Waals surface area contributed by atoms with Crippen molar-refractivity contribution in [2.75, 3.05) is 6.61 Å². The van der Waals surface area contributed by atoms with Crippen LogP contribution in [-0.4, -0.2) is 17.6 Å². The van der Waals surface area contributed by atoms with E-state index < -0.39 is 5.82 Å². The maximum absolute atomic E-state index is 13.4. The van der Waals surface area contributed by atoms with Crippen LogP contribution >= 0.6 is 23.2 Å². The van der Waals surface area contributed by atoms with E-state index in [1.54, 1.807) is 19.1 Å². The lowest BCUT2D eigenvalue weighted by Gasteiger charge is -2.13. The van der Waals surface area contributed by atoms with Gasteiger partial charge in [-0.1, -0.05) is 42.3 Å². The second-order valence-corrected chi connectivity index (χ2v) is 7.12. The van der Waals surface area contributed by atoms with E-state index in [9.17, 15) is 9.18 Å². The highest BCUT2D eigenvalue weighted by molar-refractivity contribution is 6.34. The minimum Gasteiger partial charge on any atom is -0.466 e. The minimum atomic E-state index is -0.400. The number of aromatic nitrogens is 1. The molecule has 1 atom stereocenters. The Morgan fingerprint density at radius 2 is 1.93 bits per heavy atom. The van der Waals surface area contributed by atoms with Crippen LogP contribution in [-0.2, 0) is 16.0 Å². The van der Waals surface area contributed by atoms with E-state index in [1.165, 1.54) is 12.1 Å². The number of benzene rings is 2. The van der Waals surface area contributed by atoms with Crippen molar-refractivity contribution in [3.8, 4) is 11.1 Å². The molecule has 0 spiro atoms. The molecule has 6 heteroatoms. The lowest BCUT2D eigenvalue weighted by atomic mass is 9.96. The highest BCUT2D eigenvalue weighted by atomic mass is 35.5. The SMILES string of the molecule is CCOC(=O)[C@@H](C)Cc1ccc2c(-c3ccc(F)cc3Cl)cc(Cl)nc2c1. The van der Waals surface area contributed by atoms with Crippen molar-refractivity contribution in [2.45, 2.75) is 20.3 Å². The van der Waals surface area contributed by atoms with E-state index >= 15 is 0 Å². The van der Waals surface area contributed by atoms with Crippen molar-refractivity contribution in [1.29, 1.82) is 0 Å². The van der Waals surface area contributed by atoms with Gasteiger partial charge in [0.1, 0.15) is 11.0 Å². The lowest BCUT2D eigenvalue weighted by molar-refractivity contribution is -0.147. The van der Waals surface area contributed by atoms with Crippen LogP contribution in [0.25, 0.3) is 22.0 Å². The Labute approximate surface area is 167 Å². The van der Waals surface area contributed by atoms with Gasteiger partial charge in [0.2, 0.25) is 0 Å². The van der Waals surface area contributed by atoms with Gasteiger partial charge in [-0.3, -0.25) is 4.79 Å². The molecule has 0 saturated heterocycles. The maximum Gasteiger partial charge on any atom is 0.308 e. The first-order valence-electron chi connectivity index (χ1n) is 8.60. The summed E-state index contributed by atoms with van der Waals surface area (Å²) >= 11 is 12.4. The molecule has 0 aliphatic heterocycles. The fraction of sp³-hybridized carbons (Fsp3) is 0.238. The number of carbonyl (C=O) groups is 1. The number of carbonyl (C=O) groups excluding carboxylic acids is 1. The number of esters is 1. The number of hydrogen-bond donors (Lipinski definition) is 0. The van der Waals surface area contributed by atoms with Crippen LogP contribution in [0.5, 0.6) is 0 Å². The smallest absolute Gasteiger partial charge is 0.308 e. The Kier molecular flexibility index (Phi) is 5.98. The Morgan fingerprint density at radius 3 is 2.63 bits per heavy atom. The molecule has 0 amide bonds. The molecule has 27 heavy (non-hydrogen) atoms. The molecule has 3 rings (SSSR count). The summed E-state index contributed by atoms with van der Waals surface area (Å²) < 4.78 is 18.5. The van der Waals surface area contributed by atoms with Gasteiger partial charge in [0.25, 0.3) is 0 Å². The lowest BCUT2D eigenvalue weighted by Crippen LogP contribution is -2.16. The number of rotatable bonds is 5. The molecule has 0 aliphatic carbocycles. The van der Waals surface area contributed by atoms with Crippen LogP contribution in [0, 0.1) is 11.7 Å². The second-order valence-electron chi connectivity index (χ2n) is 6.33. The molecule has 2 aromatic carbocycles. The first-order valence-corrected chi connectivity index (χ1v) is 9.36. The zero-order valence-corrected chi connectivity index (χ0v) is 16.4. The zero-order valence-electron chi connectivity index (χ0n) is 14.9. The van der Waals surface area contributed by atoms with Crippen LogP contribution in [0.15, 0.2) is 42.5 Å². The maximum atomic E-state index is 13.4. The van der Waals surface area contributed by atoms with E-state index in [4.69, 9.17) is 27.9 Å². The summed E-state index contributed by atoms with van der Waals surface area (Å²) in [5.41, 5.74) is 3.10. The first-order chi connectivity index (χ1) is 12.9. The summed E-state index contributed by atoms with van der Waals surface area (Å²) in [5, 5.41) is 1.47. The van der Waals surface area contributed by atoms with Crippen LogP contribution < -0.4 is 0 Å². The molecule has 140 valence electrons. The molecule has 1 heterocycles. The molecule has 0 unspecified atom stereocenters. The normalized spacial score (nSPS) is 12.2. The summed E-state index contributed by atoms with van der Waals surface area (Å²) in [5.74, 6) is -0.883. The monoisotopic (exact) mass is 405 g/mol. The zero-order chi connectivity index (χ0) is 19.6. The van der Waals surface area contributed by atoms with Crippen molar-refractivity contribution in [1.82, 2.24) is 4.98 Å². The Bertz CT molecular complexity index is 1010. The summed E-state index contributed by atoms with van der Waals surface area (Å²) in [6.07, 6.45) is 0.537. The van der Waals surface area contributed by atoms with Crippen molar-refractivity contribution in [3.05, 3.63) is 64.0 Å². The van der Waals surface area contributed by atoms with Gasteiger partial charge < -0.3 is 4.74 Å². The number of hydrogen-bond acceptors (Lipinski definition) is 3. The molecule has 0 N–H and O–H groups in total. The van der Waals surface area contributed by atoms with Gasteiger partial charge in [-0.15, -0.1) is 0 Å². The van der Waals surface area contributed by atoms with E-state index in [0.29, 0.717) is 34.3 Å². The van der Waals surface area contributed by atoms with Gasteiger partial charge in [-0.05, 0) is 54.8 Å². The molecule has 0 bridgehead atoms. The van der Waals surface area contributed by atoms with Crippen molar-refractivity contribution in [2.24, 2.45) is 5.92 Å². The molecule has 0 radical (unpaired) electrons. The summed E-state index contributed by atoms with van der Waals surface area (Å²) in [7, 11) is 0. The summed E-state index contributed by atoms with van der Waals surface area (Å²) in [4.78, 5) is 16.3. The number of fused-ring (bicyclic) bond motifs is 1. The van der Waals surface area contributed by atoms with Gasteiger partial charge in [0.15, 0.2) is 0 Å². The van der Waals surface area contributed by atoms with Gasteiger partial charge >= 0.3 is 5.97 Å². The largest absolute Gasteiger partial charge is 0.466 e. The van der Waals surface area contributed by atoms with Gasteiger partial charge in [0.05, 0.1) is 23.1 Å². The van der Waals surface area contributed by atoms with E-state index in [2.05, 4.69) is 4.98 Å². The predicted molar refractivity (Wildman–Crippen MR) is 107 cm³/mol. The standard InChI is InChI=1S/C21H18Cl2FNO2/c1-3-27-21(26)12(2)8-13-4-6-16-17(11-20(23)25-19(16)9-13)15-7-5-14(24)10-18(15)22/h4-7,9-12H,3,8H2,1-2H3/t12-/m0/s1. The average Bonchev–Trinajstić information content (AvgIpc) is 2.61. The van der Waals surface area contributed by atoms with Gasteiger partial charge in [-0.2, -0.15) is 0 Å². The van der Waals surface area contributed by atoms with Crippen LogP contribution in [0.4, 0.5) is 4.39 Å². The van der Waals surface area contributed by atoms with Crippen LogP contribution in [0.3, 0.4) is 0 Å². The molecule has 0 aliphatic rings. The van der Waals surface area contributed by atoms with Gasteiger partial charge in [-0.25, -0.2) is 9.37 Å². The van der Waals surface area contributed by atoms with Crippen LogP contribution in [0.2, 0.25) is 10.2 Å². The first kappa shape index (κ1) is 19.6. The Balaban J connectivity index is 2.02. The third-order valence-electron chi connectivity index (χ3n) is 4.30. The van der Waals surface area contributed by atoms with Crippen molar-refractivity contribution < 1.29 is 13.9 Å². The summed E-state index contributed by atoms with van der Waals surface area (Å²) in [6, 6.07) is 11.7. The van der Waals surface area contributed by atoms with Crippen molar-refractivity contribution >= 4 is 40.1 Å². The molecule has 1 aromatic heterocycles. The number of halogens is 3. The molecule has 3 nitrogen and oxygen atoms in total. The highest BCUT2D eigenvalue weighted by Crippen LogP contribution is 2.35. The Morgan fingerprint density at radius 1 is 1.15 bits per heavy atom. The summed E-state index contributed by atoms with van der Waals surface area (Å²) in [6.45, 7) is 3.98. The minimum absolute atomic E-state index is 0.226. The number of nitrogens with zero attached hydrogens (tertiary/aromatic N) is 1. The third-order valence-corrected chi connectivity index (χ3v) is 4.80. The van der Waals surface area contributed by atoms with E-state index in [-0.39, 0.29) is 11.9 Å². The Hall–Kier alpha value is -2.17. The van der Waals surface area contributed by atoms with E-state index in [0.717, 1.165) is 16.5 Å². The molecule has 3 aromatic rings. The fourth-order valence-electron chi connectivity index (χ4n) is 3.02. The van der Waals surface area contributed by atoms with Gasteiger partial charge in [0, 0.05) is 10.9 Å². The average molecular weight is 406 g/mol. The van der Waals surface area contributed by atoms with Crippen LogP contribution in [0.1, 0.15) is 19.4 Å². The third kappa shape index (κ3) is 4.40. The highest BCUT2D eigenvalue weighted by Gasteiger charge is 2.16. The van der Waals surface area contributed by atoms with E-state index in [1.807, 2.05) is 25.1 Å². The molecular weight excluding hydrogens is 388 g/mol. The predicted octanol–water partition coefficient (Wildman–Crippen LogP) is 6.09. The number of pyridine rings is 1. The molecule has 0 fully saturated rings. The fourth-order valence-corrected chi connectivity index (χ4v) is 3.49. The molecular formula is C21H18Cl2FNO2.